The zero-order valence-corrected chi connectivity index (χ0v) is 11.5. The van der Waals surface area contributed by atoms with Crippen LogP contribution in [0.1, 0.15) is 19.4 Å². The van der Waals surface area contributed by atoms with Crippen molar-refractivity contribution in [2.75, 3.05) is 6.61 Å². The van der Waals surface area contributed by atoms with Gasteiger partial charge in [0.1, 0.15) is 6.54 Å². The fraction of sp³-hybridized carbons (Fsp3) is 0.429. The molecule has 0 saturated heterocycles. The number of aliphatic hydroxyl groups is 1. The average Bonchev–Trinajstić information content (AvgIpc) is 2.72. The second-order valence-corrected chi connectivity index (χ2v) is 4.99. The molecular weight excluding hydrogens is 262 g/mol. The topological polar surface area (TPSA) is 81.7 Å². The number of oxazole rings is 1. The van der Waals surface area contributed by atoms with Crippen LogP contribution in [0.15, 0.2) is 27.4 Å². The molecule has 0 spiro atoms. The summed E-state index contributed by atoms with van der Waals surface area (Å²) in [5, 5.41) is 9.04. The molecule has 2 aromatic rings. The lowest BCUT2D eigenvalue weighted by Crippen LogP contribution is -2.22. The van der Waals surface area contributed by atoms with Gasteiger partial charge >= 0.3 is 11.7 Å². The molecule has 0 amide bonds. The van der Waals surface area contributed by atoms with Crippen molar-refractivity contribution >= 4 is 17.1 Å². The predicted octanol–water partition coefficient (Wildman–Crippen LogP) is 1.29. The maximum Gasteiger partial charge on any atom is 0.420 e. The van der Waals surface area contributed by atoms with Gasteiger partial charge in [-0.2, -0.15) is 0 Å². The minimum Gasteiger partial charge on any atom is -0.464 e. The van der Waals surface area contributed by atoms with Gasteiger partial charge in [0, 0.05) is 0 Å². The number of benzene rings is 1. The van der Waals surface area contributed by atoms with E-state index in [4.69, 9.17) is 14.3 Å². The van der Waals surface area contributed by atoms with Gasteiger partial charge in [0.25, 0.3) is 0 Å². The third kappa shape index (κ3) is 3.08. The summed E-state index contributed by atoms with van der Waals surface area (Å²) in [5.41, 5.74) is 1.49. The van der Waals surface area contributed by atoms with Crippen molar-refractivity contribution in [3.05, 3.63) is 34.3 Å². The normalized spacial score (nSPS) is 11.2. The summed E-state index contributed by atoms with van der Waals surface area (Å²) in [4.78, 5) is 23.4. The molecule has 1 aromatic carbocycles. The highest BCUT2D eigenvalue weighted by Gasteiger charge is 2.14. The third-order valence-corrected chi connectivity index (χ3v) is 2.78. The van der Waals surface area contributed by atoms with E-state index in [1.54, 1.807) is 18.2 Å². The van der Waals surface area contributed by atoms with Crippen molar-refractivity contribution in [1.82, 2.24) is 4.57 Å². The largest absolute Gasteiger partial charge is 0.464 e. The third-order valence-electron chi connectivity index (χ3n) is 2.78. The molecule has 0 saturated carbocycles. The summed E-state index contributed by atoms with van der Waals surface area (Å²) in [6.45, 7) is 3.86. The molecule has 1 aromatic heterocycles. The molecule has 0 radical (unpaired) electrons. The molecule has 0 unspecified atom stereocenters. The lowest BCUT2D eigenvalue weighted by atomic mass is 10.2. The minimum atomic E-state index is -0.614. The molecule has 6 heteroatoms. The molecule has 108 valence electrons. The van der Waals surface area contributed by atoms with Gasteiger partial charge < -0.3 is 14.3 Å². The number of hydrogen-bond acceptors (Lipinski definition) is 5. The average molecular weight is 279 g/mol. The van der Waals surface area contributed by atoms with Gasteiger partial charge in [-0.15, -0.1) is 0 Å². The summed E-state index contributed by atoms with van der Waals surface area (Å²) in [6.07, 6.45) is 0. The van der Waals surface area contributed by atoms with Crippen molar-refractivity contribution in [3.63, 3.8) is 0 Å². The lowest BCUT2D eigenvalue weighted by Gasteiger charge is -2.07. The Bertz CT molecular complexity index is 668. The van der Waals surface area contributed by atoms with Crippen LogP contribution in [0.3, 0.4) is 0 Å². The number of ether oxygens (including phenoxy) is 1. The summed E-state index contributed by atoms with van der Waals surface area (Å²) >= 11 is 0. The van der Waals surface area contributed by atoms with Crippen LogP contribution in [0.5, 0.6) is 0 Å². The zero-order chi connectivity index (χ0) is 14.7. The molecule has 1 heterocycles. The molecular formula is C14H17NO5. The summed E-state index contributed by atoms with van der Waals surface area (Å²) in [7, 11) is 0. The SMILES string of the molecule is CC(C)COC(=O)Cn1c(=O)oc2cc(CO)ccc21. The monoisotopic (exact) mass is 279 g/mol. The van der Waals surface area contributed by atoms with Crippen molar-refractivity contribution in [2.45, 2.75) is 27.0 Å². The van der Waals surface area contributed by atoms with Gasteiger partial charge in [-0.3, -0.25) is 9.36 Å². The van der Waals surface area contributed by atoms with E-state index < -0.39 is 11.7 Å². The smallest absolute Gasteiger partial charge is 0.420 e. The Kier molecular flexibility index (Phi) is 4.24. The lowest BCUT2D eigenvalue weighted by molar-refractivity contribution is -0.145. The Hall–Kier alpha value is -2.08. The summed E-state index contributed by atoms with van der Waals surface area (Å²) < 4.78 is 11.3. The standard InChI is InChI=1S/C14H17NO5/c1-9(2)8-19-13(17)6-15-11-4-3-10(7-16)5-12(11)20-14(15)18/h3-5,9,16H,6-8H2,1-2H3. The van der Waals surface area contributed by atoms with E-state index in [1.807, 2.05) is 13.8 Å². The van der Waals surface area contributed by atoms with Crippen molar-refractivity contribution in [2.24, 2.45) is 5.92 Å². The van der Waals surface area contributed by atoms with E-state index in [9.17, 15) is 9.59 Å². The Morgan fingerprint density at radius 3 is 2.85 bits per heavy atom. The Morgan fingerprint density at radius 1 is 1.45 bits per heavy atom. The van der Waals surface area contributed by atoms with Gasteiger partial charge in [0.2, 0.25) is 0 Å². The number of rotatable bonds is 5. The van der Waals surface area contributed by atoms with Crippen molar-refractivity contribution in [1.29, 1.82) is 0 Å². The molecule has 20 heavy (non-hydrogen) atoms. The molecule has 6 nitrogen and oxygen atoms in total. The first-order valence-corrected chi connectivity index (χ1v) is 6.40. The van der Waals surface area contributed by atoms with E-state index >= 15 is 0 Å². The number of carbonyl (C=O) groups excluding carboxylic acids is 1. The second kappa shape index (κ2) is 5.92. The second-order valence-electron chi connectivity index (χ2n) is 4.99. The molecule has 0 aliphatic carbocycles. The molecule has 2 rings (SSSR count). The highest BCUT2D eigenvalue weighted by molar-refractivity contribution is 5.77. The fourth-order valence-corrected chi connectivity index (χ4v) is 1.79. The Labute approximate surface area is 115 Å². The van der Waals surface area contributed by atoms with Crippen LogP contribution < -0.4 is 5.76 Å². The first-order valence-electron chi connectivity index (χ1n) is 6.40. The van der Waals surface area contributed by atoms with E-state index in [0.29, 0.717) is 23.3 Å². The quantitative estimate of drug-likeness (QED) is 0.834. The molecule has 0 atom stereocenters. The first-order chi connectivity index (χ1) is 9.51. The number of nitrogens with zero attached hydrogens (tertiary/aromatic N) is 1. The molecule has 1 N–H and O–H groups in total. The van der Waals surface area contributed by atoms with Gasteiger partial charge in [-0.05, 0) is 23.6 Å². The maximum atomic E-state index is 11.7. The van der Waals surface area contributed by atoms with Crippen LogP contribution in [-0.2, 0) is 22.7 Å². The van der Waals surface area contributed by atoms with E-state index in [1.165, 1.54) is 4.57 Å². The van der Waals surface area contributed by atoms with Crippen LogP contribution in [0, 0.1) is 5.92 Å². The van der Waals surface area contributed by atoms with E-state index in [2.05, 4.69) is 0 Å². The number of esters is 1. The number of fused-ring (bicyclic) bond motifs is 1. The first kappa shape index (κ1) is 14.3. The molecule has 0 bridgehead atoms. The van der Waals surface area contributed by atoms with Crippen LogP contribution in [0.25, 0.3) is 11.1 Å². The molecule has 0 aliphatic heterocycles. The Morgan fingerprint density at radius 2 is 2.20 bits per heavy atom. The zero-order valence-electron chi connectivity index (χ0n) is 11.5. The molecule has 0 fully saturated rings. The van der Waals surface area contributed by atoms with Crippen LogP contribution in [0.2, 0.25) is 0 Å². The number of aliphatic hydroxyl groups excluding tert-OH is 1. The van der Waals surface area contributed by atoms with Gasteiger partial charge in [0.05, 0.1) is 18.7 Å². The summed E-state index contributed by atoms with van der Waals surface area (Å²) in [6, 6.07) is 4.89. The van der Waals surface area contributed by atoms with Crippen LogP contribution in [0.4, 0.5) is 0 Å². The highest BCUT2D eigenvalue weighted by Crippen LogP contribution is 2.15. The maximum absolute atomic E-state index is 11.7. The predicted molar refractivity (Wildman–Crippen MR) is 72.2 cm³/mol. The minimum absolute atomic E-state index is 0.138. The van der Waals surface area contributed by atoms with Gasteiger partial charge in [-0.25, -0.2) is 4.79 Å². The van der Waals surface area contributed by atoms with Crippen molar-refractivity contribution in [3.8, 4) is 0 Å². The van der Waals surface area contributed by atoms with Crippen molar-refractivity contribution < 1.29 is 19.1 Å². The Balaban J connectivity index is 2.24. The fourth-order valence-electron chi connectivity index (χ4n) is 1.79. The van der Waals surface area contributed by atoms with E-state index in [0.717, 1.165) is 0 Å². The molecule has 0 aliphatic rings. The van der Waals surface area contributed by atoms with E-state index in [-0.39, 0.29) is 19.1 Å². The van der Waals surface area contributed by atoms with Gasteiger partial charge in [-0.1, -0.05) is 19.9 Å². The van der Waals surface area contributed by atoms with Gasteiger partial charge in [0.15, 0.2) is 5.58 Å². The highest BCUT2D eigenvalue weighted by atomic mass is 16.5. The number of carbonyl (C=O) groups is 1. The summed E-state index contributed by atoms with van der Waals surface area (Å²) in [5.74, 6) is -0.852. The van der Waals surface area contributed by atoms with Crippen LogP contribution in [-0.4, -0.2) is 22.2 Å². The number of hydrogen-bond donors (Lipinski definition) is 1. The number of aromatic nitrogens is 1. The van der Waals surface area contributed by atoms with Crippen LogP contribution >= 0.6 is 0 Å².